The summed E-state index contributed by atoms with van der Waals surface area (Å²) in [5.74, 6) is -0.306. The van der Waals surface area contributed by atoms with Crippen LogP contribution in [0.15, 0.2) is 54.7 Å². The largest absolute Gasteiger partial charge is 0.390 e. The number of nitrogens with one attached hydrogen (secondary N) is 1. The van der Waals surface area contributed by atoms with Crippen molar-refractivity contribution >= 4 is 28.4 Å². The van der Waals surface area contributed by atoms with Crippen molar-refractivity contribution in [1.29, 1.82) is 0 Å². The second-order valence-corrected chi connectivity index (χ2v) is 6.32. The summed E-state index contributed by atoms with van der Waals surface area (Å²) in [5, 5.41) is 14.3. The fourth-order valence-electron chi connectivity index (χ4n) is 3.32. The molecule has 1 aliphatic carbocycles. The van der Waals surface area contributed by atoms with E-state index in [2.05, 4.69) is 10.3 Å². The molecule has 0 aliphatic heterocycles. The molecule has 3 aromatic rings. The first-order chi connectivity index (χ1) is 11.6. The van der Waals surface area contributed by atoms with Crippen molar-refractivity contribution in [2.75, 3.05) is 0 Å². The molecule has 1 aromatic heterocycles. The Morgan fingerprint density at radius 3 is 2.88 bits per heavy atom. The van der Waals surface area contributed by atoms with Gasteiger partial charge in [-0.1, -0.05) is 41.9 Å². The Labute approximate surface area is 144 Å². The van der Waals surface area contributed by atoms with E-state index in [0.29, 0.717) is 27.9 Å². The average Bonchev–Trinajstić information content (AvgIpc) is 2.90. The van der Waals surface area contributed by atoms with Gasteiger partial charge in [-0.2, -0.15) is 0 Å². The minimum absolute atomic E-state index is 0.306. The minimum Gasteiger partial charge on any atom is -0.390 e. The van der Waals surface area contributed by atoms with Gasteiger partial charge in [-0.3, -0.25) is 9.78 Å². The second-order valence-electron chi connectivity index (χ2n) is 5.91. The van der Waals surface area contributed by atoms with E-state index in [1.54, 1.807) is 24.4 Å². The summed E-state index contributed by atoms with van der Waals surface area (Å²) in [6, 6.07) is 14.4. The van der Waals surface area contributed by atoms with Gasteiger partial charge in [-0.15, -0.1) is 0 Å². The third kappa shape index (κ3) is 2.44. The van der Waals surface area contributed by atoms with Crippen LogP contribution in [0.3, 0.4) is 0 Å². The fourth-order valence-corrected chi connectivity index (χ4v) is 3.57. The normalized spacial score (nSPS) is 19.2. The minimum atomic E-state index is -0.641. The summed E-state index contributed by atoms with van der Waals surface area (Å²) >= 11 is 6.27. The molecule has 0 saturated heterocycles. The highest BCUT2D eigenvalue weighted by Gasteiger charge is 2.32. The van der Waals surface area contributed by atoms with Crippen molar-refractivity contribution in [1.82, 2.24) is 10.3 Å². The smallest absolute Gasteiger partial charge is 0.254 e. The number of aliphatic hydroxyl groups is 1. The summed E-state index contributed by atoms with van der Waals surface area (Å²) in [7, 11) is 0. The van der Waals surface area contributed by atoms with Crippen LogP contribution in [0.1, 0.15) is 27.5 Å². The Morgan fingerprint density at radius 1 is 1.17 bits per heavy atom. The van der Waals surface area contributed by atoms with Crippen LogP contribution in [0.25, 0.3) is 10.9 Å². The number of carbonyl (C=O) groups excluding carboxylic acids is 1. The van der Waals surface area contributed by atoms with E-state index in [1.807, 2.05) is 30.3 Å². The van der Waals surface area contributed by atoms with Crippen molar-refractivity contribution in [3.8, 4) is 0 Å². The van der Waals surface area contributed by atoms with Crippen molar-refractivity contribution in [3.05, 3.63) is 76.4 Å². The average molecular weight is 339 g/mol. The number of halogens is 1. The molecule has 120 valence electrons. The first-order valence-electron chi connectivity index (χ1n) is 7.75. The van der Waals surface area contributed by atoms with Crippen LogP contribution in [-0.4, -0.2) is 22.1 Å². The summed E-state index contributed by atoms with van der Waals surface area (Å²) < 4.78 is 0. The van der Waals surface area contributed by atoms with Gasteiger partial charge in [0.2, 0.25) is 0 Å². The highest BCUT2D eigenvalue weighted by atomic mass is 35.5. The topological polar surface area (TPSA) is 62.2 Å². The van der Waals surface area contributed by atoms with Crippen LogP contribution in [0.5, 0.6) is 0 Å². The van der Waals surface area contributed by atoms with Crippen LogP contribution >= 0.6 is 11.6 Å². The molecule has 1 heterocycles. The predicted molar refractivity (Wildman–Crippen MR) is 93.1 cm³/mol. The maximum absolute atomic E-state index is 12.9. The number of hydrogen-bond acceptors (Lipinski definition) is 3. The summed E-state index contributed by atoms with van der Waals surface area (Å²) in [6.07, 6.45) is 1.57. The summed E-state index contributed by atoms with van der Waals surface area (Å²) in [4.78, 5) is 17.1. The maximum Gasteiger partial charge on any atom is 0.254 e. The third-order valence-electron chi connectivity index (χ3n) is 4.45. The Bertz CT molecular complexity index is 942. The zero-order valence-electron chi connectivity index (χ0n) is 12.7. The fraction of sp³-hybridized carbons (Fsp3) is 0.158. The standard InChI is InChI=1S/C19H15ClN2O2/c20-14-7-8-15-13(6-3-9-21-15)17(14)19(24)22-18-12-5-2-1-4-11(12)10-16(18)23/h1-9,16,18,23H,10H2,(H,22,24)/t16-,18-/m0/s1. The van der Waals surface area contributed by atoms with Crippen LogP contribution < -0.4 is 5.32 Å². The zero-order chi connectivity index (χ0) is 16.7. The number of carbonyl (C=O) groups is 1. The number of fused-ring (bicyclic) bond motifs is 2. The molecule has 4 nitrogen and oxygen atoms in total. The van der Waals surface area contributed by atoms with Gasteiger partial charge in [0, 0.05) is 18.0 Å². The molecule has 0 fully saturated rings. The molecule has 0 unspecified atom stereocenters. The van der Waals surface area contributed by atoms with Gasteiger partial charge in [0.25, 0.3) is 5.91 Å². The molecule has 2 N–H and O–H groups in total. The lowest BCUT2D eigenvalue weighted by Crippen LogP contribution is -2.34. The van der Waals surface area contributed by atoms with Crippen LogP contribution in [0.4, 0.5) is 0 Å². The van der Waals surface area contributed by atoms with Crippen LogP contribution in [0.2, 0.25) is 5.02 Å². The molecule has 5 heteroatoms. The van der Waals surface area contributed by atoms with E-state index in [0.717, 1.165) is 11.1 Å². The molecular formula is C19H15ClN2O2. The van der Waals surface area contributed by atoms with E-state index >= 15 is 0 Å². The zero-order valence-corrected chi connectivity index (χ0v) is 13.5. The molecule has 0 saturated carbocycles. The summed E-state index contributed by atoms with van der Waals surface area (Å²) in [6.45, 7) is 0. The molecule has 2 atom stereocenters. The highest BCUT2D eigenvalue weighted by Crippen LogP contribution is 2.32. The predicted octanol–water partition coefficient (Wildman–Crippen LogP) is 3.28. The van der Waals surface area contributed by atoms with E-state index in [-0.39, 0.29) is 5.91 Å². The highest BCUT2D eigenvalue weighted by molar-refractivity contribution is 6.35. The van der Waals surface area contributed by atoms with Crippen LogP contribution in [0, 0.1) is 0 Å². The van der Waals surface area contributed by atoms with Gasteiger partial charge < -0.3 is 10.4 Å². The second kappa shape index (κ2) is 5.89. The number of aliphatic hydroxyl groups excluding tert-OH is 1. The number of aromatic nitrogens is 1. The molecule has 1 amide bonds. The van der Waals surface area contributed by atoms with Gasteiger partial charge in [-0.05, 0) is 29.3 Å². The molecule has 0 bridgehead atoms. The number of rotatable bonds is 2. The Hall–Kier alpha value is -2.43. The molecular weight excluding hydrogens is 324 g/mol. The van der Waals surface area contributed by atoms with E-state index in [4.69, 9.17) is 11.6 Å². The van der Waals surface area contributed by atoms with E-state index in [1.165, 1.54) is 0 Å². The molecule has 1 aliphatic rings. The number of pyridine rings is 1. The quantitative estimate of drug-likeness (QED) is 0.753. The lowest BCUT2D eigenvalue weighted by atomic mass is 10.0. The van der Waals surface area contributed by atoms with Gasteiger partial charge in [0.1, 0.15) is 0 Å². The molecule has 4 rings (SSSR count). The number of nitrogens with zero attached hydrogens (tertiary/aromatic N) is 1. The number of hydrogen-bond donors (Lipinski definition) is 2. The molecule has 0 radical (unpaired) electrons. The van der Waals surface area contributed by atoms with Crippen molar-refractivity contribution in [2.24, 2.45) is 0 Å². The van der Waals surface area contributed by atoms with Gasteiger partial charge >= 0.3 is 0 Å². The Kier molecular flexibility index (Phi) is 3.71. The SMILES string of the molecule is O=C(N[C@H]1c2ccccc2C[C@@H]1O)c1c(Cl)ccc2ncccc12. The lowest BCUT2D eigenvalue weighted by molar-refractivity contribution is 0.0860. The van der Waals surface area contributed by atoms with Crippen molar-refractivity contribution in [3.63, 3.8) is 0 Å². The van der Waals surface area contributed by atoms with Gasteiger partial charge in [-0.25, -0.2) is 0 Å². The first-order valence-corrected chi connectivity index (χ1v) is 8.13. The Morgan fingerprint density at radius 2 is 2.00 bits per heavy atom. The summed E-state index contributed by atoms with van der Waals surface area (Å²) in [5.41, 5.74) is 3.10. The van der Waals surface area contributed by atoms with Gasteiger partial charge in [0.05, 0.1) is 28.2 Å². The molecule has 2 aromatic carbocycles. The lowest BCUT2D eigenvalue weighted by Gasteiger charge is -2.19. The number of benzene rings is 2. The molecule has 0 spiro atoms. The monoisotopic (exact) mass is 338 g/mol. The third-order valence-corrected chi connectivity index (χ3v) is 4.77. The Balaban J connectivity index is 1.72. The van der Waals surface area contributed by atoms with Crippen molar-refractivity contribution in [2.45, 2.75) is 18.6 Å². The van der Waals surface area contributed by atoms with Crippen molar-refractivity contribution < 1.29 is 9.90 Å². The van der Waals surface area contributed by atoms with E-state index in [9.17, 15) is 9.90 Å². The maximum atomic E-state index is 12.9. The van der Waals surface area contributed by atoms with Gasteiger partial charge in [0.15, 0.2) is 0 Å². The van der Waals surface area contributed by atoms with Crippen LogP contribution in [-0.2, 0) is 6.42 Å². The van der Waals surface area contributed by atoms with E-state index < -0.39 is 12.1 Å². The number of amides is 1. The molecule has 24 heavy (non-hydrogen) atoms. The first kappa shape index (κ1) is 15.1.